The van der Waals surface area contributed by atoms with Crippen LogP contribution in [-0.4, -0.2) is 28.2 Å². The van der Waals surface area contributed by atoms with Crippen molar-refractivity contribution >= 4 is 32.5 Å². The maximum atomic E-state index is 12.7. The molecule has 0 radical (unpaired) electrons. The van der Waals surface area contributed by atoms with E-state index in [1.54, 1.807) is 36.7 Å². The third-order valence-corrected chi connectivity index (χ3v) is 5.99. The number of halogens is 3. The molecule has 0 bridgehead atoms. The minimum absolute atomic E-state index is 0.0741. The highest BCUT2D eigenvalue weighted by Crippen LogP contribution is 2.30. The fourth-order valence-corrected chi connectivity index (χ4v) is 3.82. The Kier molecular flexibility index (Phi) is 7.46. The second-order valence-corrected chi connectivity index (χ2v) is 9.15. The molecule has 0 saturated carbocycles. The maximum Gasteiger partial charge on any atom is 0.416 e. The van der Waals surface area contributed by atoms with E-state index in [0.29, 0.717) is 11.5 Å². The van der Waals surface area contributed by atoms with Gasteiger partial charge in [0.15, 0.2) is 5.82 Å². The first kappa shape index (κ1) is 25.7. The Morgan fingerprint density at radius 2 is 1.54 bits per heavy atom. The molecule has 0 aliphatic heterocycles. The van der Waals surface area contributed by atoms with E-state index in [9.17, 15) is 21.6 Å². The highest BCUT2D eigenvalue weighted by atomic mass is 32.2. The third kappa shape index (κ3) is 6.87. The molecule has 7 nitrogen and oxygen atoms in total. The lowest BCUT2D eigenvalue weighted by Crippen LogP contribution is -2.04. The monoisotopic (exact) mass is 524 g/mol. The average molecular weight is 525 g/mol. The number of hydrogen-bond acceptors (Lipinski definition) is 6. The molecule has 0 saturated heterocycles. The van der Waals surface area contributed by atoms with Crippen LogP contribution in [-0.2, 0) is 16.3 Å². The molecule has 0 spiro atoms. The van der Waals surface area contributed by atoms with Gasteiger partial charge in [-0.05, 0) is 60.2 Å². The first-order chi connectivity index (χ1) is 17.6. The summed E-state index contributed by atoms with van der Waals surface area (Å²) < 4.78 is 67.2. The molecular formula is C26H19F3N4O3S. The molecule has 0 atom stereocenters. The van der Waals surface area contributed by atoms with Gasteiger partial charge in [0.2, 0.25) is 0 Å². The smallest absolute Gasteiger partial charge is 0.339 e. The number of aromatic nitrogens is 3. The number of anilines is 2. The van der Waals surface area contributed by atoms with Gasteiger partial charge in [-0.25, -0.2) is 0 Å². The summed E-state index contributed by atoms with van der Waals surface area (Å²) in [6.07, 6.45) is -1.00. The van der Waals surface area contributed by atoms with Gasteiger partial charge in [-0.1, -0.05) is 36.4 Å². The van der Waals surface area contributed by atoms with Crippen LogP contribution in [0.4, 0.5) is 24.7 Å². The van der Waals surface area contributed by atoms with Crippen molar-refractivity contribution < 1.29 is 26.1 Å². The molecule has 2 N–H and O–H groups in total. The van der Waals surface area contributed by atoms with Crippen molar-refractivity contribution in [3.63, 3.8) is 0 Å². The summed E-state index contributed by atoms with van der Waals surface area (Å²) in [5.41, 5.74) is 2.41. The van der Waals surface area contributed by atoms with Crippen LogP contribution in [0.25, 0.3) is 22.0 Å². The molecule has 37 heavy (non-hydrogen) atoms. The van der Waals surface area contributed by atoms with Crippen LogP contribution >= 0.6 is 0 Å². The summed E-state index contributed by atoms with van der Waals surface area (Å²) in [5.74, 6) is 0.438. The van der Waals surface area contributed by atoms with Crippen molar-refractivity contribution in [3.05, 3.63) is 109 Å². The first-order valence-electron chi connectivity index (χ1n) is 10.7. The zero-order valence-electron chi connectivity index (χ0n) is 19.0. The van der Waals surface area contributed by atoms with Gasteiger partial charge in [0.25, 0.3) is 10.1 Å². The number of hydrogen-bond donors (Lipinski definition) is 2. The Labute approximate surface area is 210 Å². The molecule has 0 aliphatic rings. The second kappa shape index (κ2) is 10.7. The Morgan fingerprint density at radius 1 is 0.811 bits per heavy atom. The maximum absolute atomic E-state index is 12.7. The quantitative estimate of drug-likeness (QED) is 0.263. The van der Waals surface area contributed by atoms with Crippen LogP contribution in [0.3, 0.4) is 0 Å². The zero-order valence-corrected chi connectivity index (χ0v) is 19.8. The van der Waals surface area contributed by atoms with Crippen molar-refractivity contribution in [1.82, 2.24) is 15.2 Å². The Balaban J connectivity index is 0.000000270. The topological polar surface area (TPSA) is 105 Å². The number of nitrogens with one attached hydrogen (secondary N) is 1. The van der Waals surface area contributed by atoms with Crippen molar-refractivity contribution in [2.75, 3.05) is 5.32 Å². The van der Waals surface area contributed by atoms with Crippen LogP contribution < -0.4 is 5.32 Å². The lowest BCUT2D eigenvalue weighted by Gasteiger charge is -2.10. The summed E-state index contributed by atoms with van der Waals surface area (Å²) in [6, 6.07) is 23.7. The number of pyridine rings is 1. The first-order valence-corrected chi connectivity index (χ1v) is 12.2. The fraction of sp³-hybridized carbons (Fsp3) is 0.0385. The minimum Gasteiger partial charge on any atom is -0.339 e. The summed E-state index contributed by atoms with van der Waals surface area (Å²) in [4.78, 5) is 4.27. The highest BCUT2D eigenvalue weighted by molar-refractivity contribution is 7.85. The lowest BCUT2D eigenvalue weighted by atomic mass is 10.1. The minimum atomic E-state index is -4.36. The van der Waals surface area contributed by atoms with Gasteiger partial charge in [0.05, 0.1) is 22.2 Å². The van der Waals surface area contributed by atoms with E-state index in [1.165, 1.54) is 24.3 Å². The molecule has 11 heteroatoms. The molecule has 188 valence electrons. The largest absolute Gasteiger partial charge is 0.416 e. The molecule has 0 aliphatic carbocycles. The number of alkyl halides is 3. The predicted molar refractivity (Wildman–Crippen MR) is 134 cm³/mol. The Bertz CT molecular complexity index is 1610. The molecule has 5 aromatic rings. The van der Waals surface area contributed by atoms with Gasteiger partial charge in [0, 0.05) is 22.8 Å². The molecule has 0 fully saturated rings. The van der Waals surface area contributed by atoms with Crippen LogP contribution in [0.1, 0.15) is 5.56 Å². The molecular weight excluding hydrogens is 505 g/mol. The normalized spacial score (nSPS) is 11.5. The molecule has 2 aromatic heterocycles. The summed E-state index contributed by atoms with van der Waals surface area (Å²) >= 11 is 0. The van der Waals surface area contributed by atoms with Crippen LogP contribution in [0, 0.1) is 0 Å². The van der Waals surface area contributed by atoms with Crippen LogP contribution in [0.15, 0.2) is 108 Å². The Morgan fingerprint density at radius 3 is 2.19 bits per heavy atom. The summed E-state index contributed by atoms with van der Waals surface area (Å²) in [7, 11) is -4.00. The van der Waals surface area contributed by atoms with E-state index in [-0.39, 0.29) is 4.90 Å². The van der Waals surface area contributed by atoms with E-state index < -0.39 is 21.9 Å². The number of rotatable bonds is 4. The second-order valence-electron chi connectivity index (χ2n) is 7.73. The SMILES string of the molecule is FC(F)(F)c1ccc(Nc2cc(-c3ccc4cccnc4c3)cnn2)cc1.O=S(=O)(O)c1ccccc1. The highest BCUT2D eigenvalue weighted by Gasteiger charge is 2.29. The lowest BCUT2D eigenvalue weighted by molar-refractivity contribution is -0.137. The summed E-state index contributed by atoms with van der Waals surface area (Å²) in [5, 5.41) is 12.0. The average Bonchev–Trinajstić information content (AvgIpc) is 2.89. The molecule has 0 amide bonds. The zero-order chi connectivity index (χ0) is 26.5. The van der Waals surface area contributed by atoms with Crippen molar-refractivity contribution in [2.45, 2.75) is 11.1 Å². The number of fused-ring (bicyclic) bond motifs is 1. The molecule has 3 aromatic carbocycles. The Hall–Kier alpha value is -4.35. The number of nitrogens with zero attached hydrogens (tertiary/aromatic N) is 3. The summed E-state index contributed by atoms with van der Waals surface area (Å²) in [6.45, 7) is 0. The number of benzene rings is 3. The predicted octanol–water partition coefficient (Wildman–Crippen LogP) is 6.39. The fourth-order valence-electron chi connectivity index (χ4n) is 3.31. The van der Waals surface area contributed by atoms with Crippen molar-refractivity contribution in [2.24, 2.45) is 0 Å². The van der Waals surface area contributed by atoms with E-state index in [4.69, 9.17) is 4.55 Å². The van der Waals surface area contributed by atoms with Gasteiger partial charge < -0.3 is 5.32 Å². The van der Waals surface area contributed by atoms with Crippen LogP contribution in [0.5, 0.6) is 0 Å². The van der Waals surface area contributed by atoms with E-state index in [0.717, 1.165) is 34.2 Å². The van der Waals surface area contributed by atoms with Crippen molar-refractivity contribution in [3.8, 4) is 11.1 Å². The molecule has 0 unspecified atom stereocenters. The van der Waals surface area contributed by atoms with E-state index in [1.807, 2.05) is 30.3 Å². The van der Waals surface area contributed by atoms with Gasteiger partial charge >= 0.3 is 6.18 Å². The van der Waals surface area contributed by atoms with Crippen molar-refractivity contribution in [1.29, 1.82) is 0 Å². The van der Waals surface area contributed by atoms with Gasteiger partial charge in [0.1, 0.15) is 0 Å². The third-order valence-electron chi connectivity index (χ3n) is 5.12. The van der Waals surface area contributed by atoms with Gasteiger partial charge in [-0.15, -0.1) is 5.10 Å². The van der Waals surface area contributed by atoms with Gasteiger partial charge in [-0.3, -0.25) is 9.54 Å². The molecule has 5 rings (SSSR count). The van der Waals surface area contributed by atoms with Crippen LogP contribution in [0.2, 0.25) is 0 Å². The van der Waals surface area contributed by atoms with Gasteiger partial charge in [-0.2, -0.15) is 26.7 Å². The van der Waals surface area contributed by atoms with E-state index >= 15 is 0 Å². The van der Waals surface area contributed by atoms with E-state index in [2.05, 4.69) is 20.5 Å². The standard InChI is InChI=1S/C20H13F3N4.C6H6O3S/c21-20(22,23)16-5-7-17(8-6-16)26-19-11-15(12-25-27-19)14-4-3-13-2-1-9-24-18(13)10-14;7-10(8,9)6-4-2-1-3-5-6/h1-12H,(H,26,27);1-5H,(H,7,8,9). The molecule has 2 heterocycles.